The first-order valence-corrected chi connectivity index (χ1v) is 10.8. The van der Waals surface area contributed by atoms with Gasteiger partial charge in [0.1, 0.15) is 24.0 Å². The third kappa shape index (κ3) is 14.7. The molecule has 0 fully saturated rings. The summed E-state index contributed by atoms with van der Waals surface area (Å²) >= 11 is 0. The molecule has 2 aromatic carbocycles. The second-order valence-corrected chi connectivity index (χ2v) is 7.62. The number of hydrogen-bond acceptors (Lipinski definition) is 7. The molecular formula is C23H23F6N5O8. The number of nitrogens with one attached hydrogen (secondary N) is 3. The van der Waals surface area contributed by atoms with Crippen LogP contribution in [-0.4, -0.2) is 75.8 Å². The number of amides is 1. The number of aliphatic carboxylic acids is 3. The van der Waals surface area contributed by atoms with E-state index in [9.17, 15) is 35.9 Å². The molecule has 0 bridgehead atoms. The molecule has 1 amide bonds. The number of carboxylic acid groups (broad SMARTS) is 3. The first kappa shape index (κ1) is 36.6. The summed E-state index contributed by atoms with van der Waals surface area (Å²) < 4.78 is 69.0. The van der Waals surface area contributed by atoms with Crippen LogP contribution in [0, 0.1) is 10.8 Å². The molecule has 0 aromatic heterocycles. The van der Waals surface area contributed by atoms with E-state index in [1.807, 2.05) is 0 Å². The standard InChI is InChI=1S/C19H21N5O4.2C2HF3O2/c20-17(21)11-4-6-12(7-5-11)19(27)24-14(9-16(25)26)10-28-15-3-1-2-13(8-15)18(22)23;2*3-2(4,5)1(6)7/h1-8,14H,9-10H2,(H3,20,21)(H3,22,23)(H,24,27)(H,25,26);2*(H,6,7)/t14-;;/m1../s1. The number of carbonyl (C=O) groups excluding carboxylic acids is 1. The first-order chi connectivity index (χ1) is 19.1. The molecule has 0 spiro atoms. The quantitative estimate of drug-likeness (QED) is 0.117. The molecule has 0 aliphatic rings. The van der Waals surface area contributed by atoms with Crippen LogP contribution in [0.5, 0.6) is 5.75 Å². The smallest absolute Gasteiger partial charge is 0.490 e. The van der Waals surface area contributed by atoms with Gasteiger partial charge in [-0.2, -0.15) is 26.3 Å². The summed E-state index contributed by atoms with van der Waals surface area (Å²) in [6.07, 6.45) is -10.5. The molecule has 0 unspecified atom stereocenters. The molecule has 0 heterocycles. The Morgan fingerprint density at radius 2 is 1.21 bits per heavy atom. The molecule has 1 atom stereocenters. The highest BCUT2D eigenvalue weighted by Gasteiger charge is 2.38. The number of nitrogens with two attached hydrogens (primary N) is 2. The molecule has 2 aromatic rings. The third-order valence-electron chi connectivity index (χ3n) is 4.30. The Kier molecular flexibility index (Phi) is 14.0. The van der Waals surface area contributed by atoms with Gasteiger partial charge < -0.3 is 36.8 Å². The second kappa shape index (κ2) is 16.0. The molecule has 19 heteroatoms. The van der Waals surface area contributed by atoms with Gasteiger partial charge in [-0.25, -0.2) is 9.59 Å². The summed E-state index contributed by atoms with van der Waals surface area (Å²) in [7, 11) is 0. The summed E-state index contributed by atoms with van der Waals surface area (Å²) in [5.74, 6) is -6.89. The maximum atomic E-state index is 12.4. The van der Waals surface area contributed by atoms with Crippen LogP contribution in [0.1, 0.15) is 27.9 Å². The van der Waals surface area contributed by atoms with E-state index < -0.39 is 42.2 Å². The van der Waals surface area contributed by atoms with Gasteiger partial charge in [-0.1, -0.05) is 24.3 Å². The van der Waals surface area contributed by atoms with E-state index in [2.05, 4.69) is 5.32 Å². The van der Waals surface area contributed by atoms with Gasteiger partial charge in [-0.3, -0.25) is 20.4 Å². The highest BCUT2D eigenvalue weighted by Crippen LogP contribution is 2.15. The predicted molar refractivity (Wildman–Crippen MR) is 131 cm³/mol. The average Bonchev–Trinajstić information content (AvgIpc) is 2.86. The zero-order valence-electron chi connectivity index (χ0n) is 20.9. The summed E-state index contributed by atoms with van der Waals surface area (Å²) in [6, 6.07) is 11.8. The molecule has 0 aliphatic heterocycles. The minimum absolute atomic E-state index is 0.0784. The number of halogens is 6. The van der Waals surface area contributed by atoms with Gasteiger partial charge in [0, 0.05) is 16.7 Å². The molecule has 0 saturated carbocycles. The lowest BCUT2D eigenvalue weighted by atomic mass is 10.1. The fourth-order valence-corrected chi connectivity index (χ4v) is 2.38. The highest BCUT2D eigenvalue weighted by molar-refractivity contribution is 5.98. The number of carbonyl (C=O) groups is 4. The lowest BCUT2D eigenvalue weighted by molar-refractivity contribution is -0.193. The molecule has 10 N–H and O–H groups in total. The number of benzene rings is 2. The number of amidine groups is 2. The average molecular weight is 611 g/mol. The number of nitrogen functional groups attached to an aromatic ring is 2. The molecule has 0 saturated heterocycles. The number of alkyl halides is 6. The summed E-state index contributed by atoms with van der Waals surface area (Å²) in [5.41, 5.74) is 12.1. The van der Waals surface area contributed by atoms with Crippen molar-refractivity contribution in [1.29, 1.82) is 10.8 Å². The van der Waals surface area contributed by atoms with E-state index >= 15 is 0 Å². The Hall–Kier alpha value is -5.36. The van der Waals surface area contributed by atoms with Crippen molar-refractivity contribution in [3.05, 3.63) is 65.2 Å². The summed E-state index contributed by atoms with van der Waals surface area (Å²) in [5, 5.41) is 40.8. The lowest BCUT2D eigenvalue weighted by Gasteiger charge is -2.18. The van der Waals surface area contributed by atoms with Crippen molar-refractivity contribution < 1.29 is 65.6 Å². The topological polar surface area (TPSA) is 250 Å². The number of carboxylic acids is 3. The van der Waals surface area contributed by atoms with Gasteiger partial charge in [0.2, 0.25) is 0 Å². The monoisotopic (exact) mass is 611 g/mol. The van der Waals surface area contributed by atoms with Gasteiger partial charge in [0.25, 0.3) is 5.91 Å². The predicted octanol–water partition coefficient (Wildman–Crippen LogP) is 2.17. The minimum atomic E-state index is -5.08. The maximum absolute atomic E-state index is 12.4. The SMILES string of the molecule is N=C(N)c1ccc(C(=O)N[C@@H](COc2cccc(C(=N)N)c2)CC(=O)O)cc1.O=C(O)C(F)(F)F.O=C(O)C(F)(F)F. The van der Waals surface area contributed by atoms with E-state index in [0.29, 0.717) is 22.4 Å². The Morgan fingerprint density at radius 1 is 0.786 bits per heavy atom. The van der Waals surface area contributed by atoms with E-state index in [1.165, 1.54) is 24.3 Å². The van der Waals surface area contributed by atoms with Crippen LogP contribution in [0.15, 0.2) is 48.5 Å². The molecule has 2 rings (SSSR count). The van der Waals surface area contributed by atoms with Gasteiger partial charge in [-0.15, -0.1) is 0 Å². The van der Waals surface area contributed by atoms with Gasteiger partial charge in [0.15, 0.2) is 0 Å². The Bertz CT molecular complexity index is 1260. The fraction of sp³-hybridized carbons (Fsp3) is 0.217. The number of rotatable bonds is 9. The number of ether oxygens (including phenoxy) is 1. The van der Waals surface area contributed by atoms with Gasteiger partial charge in [-0.05, 0) is 24.3 Å². The Balaban J connectivity index is 0.000000990. The number of hydrogen-bond donors (Lipinski definition) is 8. The fourth-order valence-electron chi connectivity index (χ4n) is 2.38. The van der Waals surface area contributed by atoms with Crippen molar-refractivity contribution in [2.75, 3.05) is 6.61 Å². The summed E-state index contributed by atoms with van der Waals surface area (Å²) in [6.45, 7) is -0.0784. The van der Waals surface area contributed by atoms with E-state index in [4.69, 9.17) is 51.9 Å². The highest BCUT2D eigenvalue weighted by atomic mass is 19.4. The Morgan fingerprint density at radius 3 is 1.60 bits per heavy atom. The Labute approximate surface area is 231 Å². The zero-order valence-corrected chi connectivity index (χ0v) is 20.9. The van der Waals surface area contributed by atoms with Gasteiger partial charge >= 0.3 is 30.3 Å². The molecule has 42 heavy (non-hydrogen) atoms. The van der Waals surface area contributed by atoms with Crippen LogP contribution < -0.4 is 21.5 Å². The van der Waals surface area contributed by atoms with Crippen LogP contribution in [0.4, 0.5) is 26.3 Å². The zero-order chi connectivity index (χ0) is 32.8. The van der Waals surface area contributed by atoms with Crippen molar-refractivity contribution >= 4 is 35.5 Å². The lowest BCUT2D eigenvalue weighted by Crippen LogP contribution is -2.40. The van der Waals surface area contributed by atoms with Crippen LogP contribution in [0.25, 0.3) is 0 Å². The second-order valence-electron chi connectivity index (χ2n) is 7.62. The molecule has 13 nitrogen and oxygen atoms in total. The van der Waals surface area contributed by atoms with E-state index in [1.54, 1.807) is 24.3 Å². The van der Waals surface area contributed by atoms with Crippen molar-refractivity contribution in [2.24, 2.45) is 11.5 Å². The van der Waals surface area contributed by atoms with Crippen LogP contribution in [0.2, 0.25) is 0 Å². The molecule has 0 radical (unpaired) electrons. The molecular weight excluding hydrogens is 588 g/mol. The van der Waals surface area contributed by atoms with Crippen molar-refractivity contribution in [3.63, 3.8) is 0 Å². The van der Waals surface area contributed by atoms with E-state index in [-0.39, 0.29) is 24.7 Å². The van der Waals surface area contributed by atoms with Gasteiger partial charge in [0.05, 0.1) is 12.5 Å². The normalized spacial score (nSPS) is 11.3. The summed E-state index contributed by atoms with van der Waals surface area (Å²) in [4.78, 5) is 41.3. The largest absolute Gasteiger partial charge is 0.491 e. The van der Waals surface area contributed by atoms with Crippen LogP contribution >= 0.6 is 0 Å². The van der Waals surface area contributed by atoms with Crippen molar-refractivity contribution in [2.45, 2.75) is 24.8 Å². The van der Waals surface area contributed by atoms with Crippen molar-refractivity contribution in [3.8, 4) is 5.75 Å². The maximum Gasteiger partial charge on any atom is 0.490 e. The van der Waals surface area contributed by atoms with Crippen LogP contribution in [-0.2, 0) is 14.4 Å². The molecule has 0 aliphatic carbocycles. The van der Waals surface area contributed by atoms with Crippen molar-refractivity contribution in [1.82, 2.24) is 5.32 Å². The van der Waals surface area contributed by atoms with Crippen LogP contribution in [0.3, 0.4) is 0 Å². The molecule has 230 valence electrons. The minimum Gasteiger partial charge on any atom is -0.491 e. The third-order valence-corrected chi connectivity index (χ3v) is 4.30. The first-order valence-electron chi connectivity index (χ1n) is 10.8. The van der Waals surface area contributed by atoms with E-state index in [0.717, 1.165) is 0 Å².